The van der Waals surface area contributed by atoms with Crippen LogP contribution in [0.4, 0.5) is 0 Å². The first-order chi connectivity index (χ1) is 5.27. The van der Waals surface area contributed by atoms with E-state index in [1.54, 1.807) is 6.92 Å². The SMILES string of the molecule is CC#COP1(=O)OCCCO1. The van der Waals surface area contributed by atoms with Crippen LogP contribution in [0, 0.1) is 12.0 Å². The van der Waals surface area contributed by atoms with E-state index in [0.717, 1.165) is 6.42 Å². The Hall–Kier alpha value is -0.490. The summed E-state index contributed by atoms with van der Waals surface area (Å²) in [5.41, 5.74) is 0. The first-order valence-corrected chi connectivity index (χ1v) is 4.72. The molecule has 0 bridgehead atoms. The first-order valence-electron chi connectivity index (χ1n) is 3.26. The molecule has 1 saturated heterocycles. The van der Waals surface area contributed by atoms with Crippen LogP contribution in [0.15, 0.2) is 0 Å². The summed E-state index contributed by atoms with van der Waals surface area (Å²) in [6.07, 6.45) is 2.94. The van der Waals surface area contributed by atoms with Crippen molar-refractivity contribution in [3.63, 3.8) is 0 Å². The average Bonchev–Trinajstić information content (AvgIpc) is 2.03. The molecule has 0 unspecified atom stereocenters. The minimum absolute atomic E-state index is 0.405. The van der Waals surface area contributed by atoms with Crippen molar-refractivity contribution in [1.82, 2.24) is 0 Å². The zero-order valence-corrected chi connectivity index (χ0v) is 7.10. The Bertz CT molecular complexity index is 216. The fraction of sp³-hybridized carbons (Fsp3) is 0.667. The van der Waals surface area contributed by atoms with E-state index in [-0.39, 0.29) is 0 Å². The second-order valence-corrected chi connectivity index (χ2v) is 3.50. The number of phosphoric acid groups is 1. The highest BCUT2D eigenvalue weighted by atomic mass is 31.2. The van der Waals surface area contributed by atoms with Crippen LogP contribution in [0.1, 0.15) is 13.3 Å². The van der Waals surface area contributed by atoms with E-state index in [9.17, 15) is 4.57 Å². The van der Waals surface area contributed by atoms with Crippen molar-refractivity contribution in [2.45, 2.75) is 13.3 Å². The molecule has 1 rings (SSSR count). The Labute approximate surface area is 65.4 Å². The van der Waals surface area contributed by atoms with E-state index in [2.05, 4.69) is 16.6 Å². The number of rotatable bonds is 1. The molecular weight excluding hydrogens is 167 g/mol. The maximum Gasteiger partial charge on any atom is 0.538 e. The van der Waals surface area contributed by atoms with Crippen LogP contribution in [-0.2, 0) is 18.1 Å². The molecule has 4 nitrogen and oxygen atoms in total. The predicted molar refractivity (Wildman–Crippen MR) is 38.7 cm³/mol. The largest absolute Gasteiger partial charge is 0.538 e. The van der Waals surface area contributed by atoms with Gasteiger partial charge in [0.15, 0.2) is 0 Å². The molecule has 0 N–H and O–H groups in total. The Kier molecular flexibility index (Phi) is 2.95. The summed E-state index contributed by atoms with van der Waals surface area (Å²) in [5.74, 6) is 2.44. The van der Waals surface area contributed by atoms with Gasteiger partial charge in [0.1, 0.15) is 6.11 Å². The molecule has 1 fully saturated rings. The van der Waals surface area contributed by atoms with Crippen molar-refractivity contribution in [3.05, 3.63) is 0 Å². The minimum atomic E-state index is -3.30. The second-order valence-electron chi connectivity index (χ2n) is 1.91. The van der Waals surface area contributed by atoms with Gasteiger partial charge in [-0.2, -0.15) is 0 Å². The van der Waals surface area contributed by atoms with Crippen molar-refractivity contribution in [2.75, 3.05) is 13.2 Å². The van der Waals surface area contributed by atoms with Crippen LogP contribution >= 0.6 is 7.82 Å². The fourth-order valence-electron chi connectivity index (χ4n) is 0.603. The lowest BCUT2D eigenvalue weighted by atomic mass is 10.5. The molecule has 0 aliphatic carbocycles. The van der Waals surface area contributed by atoms with E-state index in [1.165, 1.54) is 0 Å². The van der Waals surface area contributed by atoms with E-state index >= 15 is 0 Å². The molecule has 0 atom stereocenters. The standard InChI is InChI=1S/C6H9O4P/c1-2-4-8-11(7)9-5-3-6-10-11/h3,5-6H2,1H3. The Morgan fingerprint density at radius 3 is 2.64 bits per heavy atom. The van der Waals surface area contributed by atoms with Crippen LogP contribution in [0.2, 0.25) is 0 Å². The van der Waals surface area contributed by atoms with Gasteiger partial charge in [0.25, 0.3) is 0 Å². The minimum Gasteiger partial charge on any atom is -0.350 e. The van der Waals surface area contributed by atoms with Gasteiger partial charge in [0, 0.05) is 6.92 Å². The molecule has 0 saturated carbocycles. The number of phosphoric ester groups is 1. The quantitative estimate of drug-likeness (QED) is 0.449. The topological polar surface area (TPSA) is 44.8 Å². The van der Waals surface area contributed by atoms with Crippen molar-refractivity contribution < 1.29 is 18.1 Å². The van der Waals surface area contributed by atoms with E-state index < -0.39 is 7.82 Å². The molecule has 0 spiro atoms. The summed E-state index contributed by atoms with van der Waals surface area (Å²) in [5, 5.41) is 0. The van der Waals surface area contributed by atoms with Gasteiger partial charge in [-0.25, -0.2) is 4.57 Å². The smallest absolute Gasteiger partial charge is 0.350 e. The molecule has 11 heavy (non-hydrogen) atoms. The second kappa shape index (κ2) is 3.77. The summed E-state index contributed by atoms with van der Waals surface area (Å²) >= 11 is 0. The summed E-state index contributed by atoms with van der Waals surface area (Å²) < 4.78 is 25.3. The highest BCUT2D eigenvalue weighted by Crippen LogP contribution is 2.51. The normalized spacial score (nSPS) is 21.5. The van der Waals surface area contributed by atoms with Gasteiger partial charge in [-0.3, -0.25) is 9.05 Å². The zero-order chi connectivity index (χ0) is 8.16. The third-order valence-electron chi connectivity index (χ3n) is 1.05. The van der Waals surface area contributed by atoms with E-state index in [0.29, 0.717) is 13.2 Å². The van der Waals surface area contributed by atoms with Crippen LogP contribution < -0.4 is 0 Å². The molecule has 0 aromatic rings. The molecule has 0 radical (unpaired) electrons. The molecule has 0 aromatic heterocycles. The molecule has 62 valence electrons. The van der Waals surface area contributed by atoms with Gasteiger partial charge in [0.05, 0.1) is 13.2 Å². The lowest BCUT2D eigenvalue weighted by Gasteiger charge is -2.18. The first kappa shape index (κ1) is 8.61. The molecule has 1 aliphatic heterocycles. The van der Waals surface area contributed by atoms with Crippen LogP contribution in [0.3, 0.4) is 0 Å². The van der Waals surface area contributed by atoms with Crippen molar-refractivity contribution in [2.24, 2.45) is 0 Å². The average molecular weight is 176 g/mol. The summed E-state index contributed by atoms with van der Waals surface area (Å²) in [6.45, 7) is 2.39. The Morgan fingerprint density at radius 1 is 1.45 bits per heavy atom. The zero-order valence-electron chi connectivity index (χ0n) is 6.20. The highest BCUT2D eigenvalue weighted by Gasteiger charge is 2.30. The lowest BCUT2D eigenvalue weighted by molar-refractivity contribution is 0.100. The summed E-state index contributed by atoms with van der Waals surface area (Å²) in [7, 11) is -3.30. The fourth-order valence-corrected chi connectivity index (χ4v) is 1.69. The van der Waals surface area contributed by atoms with E-state index in [1.807, 2.05) is 0 Å². The maximum absolute atomic E-state index is 11.2. The van der Waals surface area contributed by atoms with Gasteiger partial charge in [0.2, 0.25) is 0 Å². The van der Waals surface area contributed by atoms with Gasteiger partial charge < -0.3 is 4.52 Å². The molecule has 1 heterocycles. The number of hydrogen-bond acceptors (Lipinski definition) is 4. The number of hydrogen-bond donors (Lipinski definition) is 0. The third kappa shape index (κ3) is 2.55. The van der Waals surface area contributed by atoms with Crippen molar-refractivity contribution >= 4 is 7.82 Å². The lowest BCUT2D eigenvalue weighted by Crippen LogP contribution is -2.08. The van der Waals surface area contributed by atoms with Gasteiger partial charge in [-0.15, -0.1) is 0 Å². The van der Waals surface area contributed by atoms with Crippen LogP contribution in [-0.4, -0.2) is 13.2 Å². The van der Waals surface area contributed by atoms with Gasteiger partial charge >= 0.3 is 7.82 Å². The van der Waals surface area contributed by atoms with Crippen LogP contribution in [0.5, 0.6) is 0 Å². The Balaban J connectivity index is 2.48. The maximum atomic E-state index is 11.2. The third-order valence-corrected chi connectivity index (χ3v) is 2.36. The summed E-state index contributed by atoms with van der Waals surface area (Å²) in [4.78, 5) is 0. The molecule has 0 amide bonds. The monoisotopic (exact) mass is 176 g/mol. The van der Waals surface area contributed by atoms with Crippen molar-refractivity contribution in [1.29, 1.82) is 0 Å². The highest BCUT2D eigenvalue weighted by molar-refractivity contribution is 7.48. The molecular formula is C6H9O4P. The van der Waals surface area contributed by atoms with Gasteiger partial charge in [-0.1, -0.05) is 5.92 Å². The molecule has 5 heteroatoms. The molecule has 0 aromatic carbocycles. The van der Waals surface area contributed by atoms with Crippen LogP contribution in [0.25, 0.3) is 0 Å². The predicted octanol–water partition coefficient (Wildman–Crippen LogP) is 1.53. The Morgan fingerprint density at radius 2 is 2.09 bits per heavy atom. The summed E-state index contributed by atoms with van der Waals surface area (Å²) in [6, 6.07) is 0. The molecule has 1 aliphatic rings. The van der Waals surface area contributed by atoms with E-state index in [4.69, 9.17) is 9.05 Å². The van der Waals surface area contributed by atoms with Gasteiger partial charge in [-0.05, 0) is 6.42 Å². The van der Waals surface area contributed by atoms with Crippen molar-refractivity contribution in [3.8, 4) is 12.0 Å².